The van der Waals surface area contributed by atoms with Gasteiger partial charge in [-0.05, 0) is 30.9 Å². The molecule has 4 rings (SSSR count). The smallest absolute Gasteiger partial charge is 0.255 e. The molecule has 2 fully saturated rings. The largest absolute Gasteiger partial charge is 0.336 e. The van der Waals surface area contributed by atoms with Gasteiger partial charge in [-0.15, -0.1) is 0 Å². The topological polar surface area (TPSA) is 54.3 Å². The van der Waals surface area contributed by atoms with Crippen molar-refractivity contribution < 1.29 is 4.79 Å². The van der Waals surface area contributed by atoms with Crippen molar-refractivity contribution in [3.63, 3.8) is 0 Å². The zero-order valence-corrected chi connectivity index (χ0v) is 13.1. The van der Waals surface area contributed by atoms with Crippen LogP contribution in [0.15, 0.2) is 37.1 Å². The number of piperazine rings is 1. The number of imidazole rings is 1. The Labute approximate surface area is 135 Å². The molecule has 1 saturated carbocycles. The molecule has 1 amide bonds. The fourth-order valence-corrected chi connectivity index (χ4v) is 3.04. The van der Waals surface area contributed by atoms with Gasteiger partial charge in [0.1, 0.15) is 12.1 Å². The predicted octanol–water partition coefficient (Wildman–Crippen LogP) is 1.44. The third-order valence-electron chi connectivity index (χ3n) is 4.64. The Morgan fingerprint density at radius 1 is 1.17 bits per heavy atom. The summed E-state index contributed by atoms with van der Waals surface area (Å²) in [4.78, 5) is 25.4. The molecule has 1 saturated heterocycles. The minimum Gasteiger partial charge on any atom is -0.336 e. The van der Waals surface area contributed by atoms with Crippen molar-refractivity contribution in [2.24, 2.45) is 5.92 Å². The molecule has 2 aromatic heterocycles. The van der Waals surface area contributed by atoms with Gasteiger partial charge in [-0.2, -0.15) is 0 Å². The molecule has 120 valence electrons. The van der Waals surface area contributed by atoms with Crippen molar-refractivity contribution in [3.8, 4) is 5.82 Å². The van der Waals surface area contributed by atoms with Gasteiger partial charge in [-0.3, -0.25) is 14.3 Å². The van der Waals surface area contributed by atoms with E-state index in [1.54, 1.807) is 18.7 Å². The van der Waals surface area contributed by atoms with Crippen LogP contribution in [0.3, 0.4) is 0 Å². The Bertz CT molecular complexity index is 655. The molecule has 0 spiro atoms. The van der Waals surface area contributed by atoms with Crippen molar-refractivity contribution in [2.75, 3.05) is 32.7 Å². The van der Waals surface area contributed by atoms with Gasteiger partial charge < -0.3 is 4.90 Å². The van der Waals surface area contributed by atoms with Crippen LogP contribution < -0.4 is 0 Å². The number of pyridine rings is 1. The molecule has 0 unspecified atom stereocenters. The summed E-state index contributed by atoms with van der Waals surface area (Å²) >= 11 is 0. The highest BCUT2D eigenvalue weighted by atomic mass is 16.2. The quantitative estimate of drug-likeness (QED) is 0.857. The minimum absolute atomic E-state index is 0.0840. The molecule has 0 aromatic carbocycles. The van der Waals surface area contributed by atoms with Crippen LogP contribution in [0.1, 0.15) is 23.2 Å². The van der Waals surface area contributed by atoms with Crippen LogP contribution in [-0.4, -0.2) is 63.0 Å². The number of hydrogen-bond donors (Lipinski definition) is 0. The second-order valence-corrected chi connectivity index (χ2v) is 6.41. The van der Waals surface area contributed by atoms with Crippen molar-refractivity contribution in [1.82, 2.24) is 24.3 Å². The van der Waals surface area contributed by atoms with Gasteiger partial charge in [-0.25, -0.2) is 9.97 Å². The Balaban J connectivity index is 1.37. The van der Waals surface area contributed by atoms with Gasteiger partial charge in [0.05, 0.1) is 5.56 Å². The molecular weight excluding hydrogens is 290 g/mol. The summed E-state index contributed by atoms with van der Waals surface area (Å²) in [5.41, 5.74) is 0.657. The van der Waals surface area contributed by atoms with E-state index in [4.69, 9.17) is 0 Å². The lowest BCUT2D eigenvalue weighted by atomic mass is 10.2. The van der Waals surface area contributed by atoms with E-state index < -0.39 is 0 Å². The summed E-state index contributed by atoms with van der Waals surface area (Å²) in [5, 5.41) is 0. The number of hydrogen-bond acceptors (Lipinski definition) is 4. The Morgan fingerprint density at radius 3 is 2.61 bits per heavy atom. The van der Waals surface area contributed by atoms with Gasteiger partial charge in [-0.1, -0.05) is 0 Å². The summed E-state index contributed by atoms with van der Waals surface area (Å²) in [7, 11) is 0. The highest BCUT2D eigenvalue weighted by molar-refractivity contribution is 5.94. The Kier molecular flexibility index (Phi) is 3.83. The maximum absolute atomic E-state index is 12.6. The fraction of sp³-hybridized carbons (Fsp3) is 0.471. The average molecular weight is 311 g/mol. The molecule has 2 aromatic rings. The van der Waals surface area contributed by atoms with Gasteiger partial charge >= 0.3 is 0 Å². The SMILES string of the molecule is O=C(c1ccc(-n2ccnc2)nc1)N1CCN(CC2CC2)CC1. The average Bonchev–Trinajstić information content (AvgIpc) is 3.24. The second-order valence-electron chi connectivity index (χ2n) is 6.41. The normalized spacial score (nSPS) is 19.0. The van der Waals surface area contributed by atoms with Crippen molar-refractivity contribution in [2.45, 2.75) is 12.8 Å². The third-order valence-corrected chi connectivity index (χ3v) is 4.64. The van der Waals surface area contributed by atoms with E-state index in [0.29, 0.717) is 5.56 Å². The molecule has 0 atom stereocenters. The molecule has 0 radical (unpaired) electrons. The summed E-state index contributed by atoms with van der Waals surface area (Å²) in [6, 6.07) is 3.71. The summed E-state index contributed by atoms with van der Waals surface area (Å²) in [6.45, 7) is 4.82. The van der Waals surface area contributed by atoms with E-state index in [1.165, 1.54) is 19.4 Å². The third kappa shape index (κ3) is 3.27. The molecule has 6 nitrogen and oxygen atoms in total. The first-order valence-corrected chi connectivity index (χ1v) is 8.25. The molecule has 23 heavy (non-hydrogen) atoms. The molecule has 0 bridgehead atoms. The maximum atomic E-state index is 12.6. The number of rotatable bonds is 4. The van der Waals surface area contributed by atoms with Crippen LogP contribution in [0, 0.1) is 5.92 Å². The Morgan fingerprint density at radius 2 is 2.00 bits per heavy atom. The summed E-state index contributed by atoms with van der Waals surface area (Å²) in [6.07, 6.45) is 9.67. The van der Waals surface area contributed by atoms with Crippen LogP contribution in [0.2, 0.25) is 0 Å². The lowest BCUT2D eigenvalue weighted by Crippen LogP contribution is -2.49. The predicted molar refractivity (Wildman–Crippen MR) is 86.4 cm³/mol. The van der Waals surface area contributed by atoms with Gasteiger partial charge in [0.15, 0.2) is 0 Å². The Hall–Kier alpha value is -2.21. The fourth-order valence-electron chi connectivity index (χ4n) is 3.04. The van der Waals surface area contributed by atoms with Crippen molar-refractivity contribution in [3.05, 3.63) is 42.6 Å². The number of amides is 1. The van der Waals surface area contributed by atoms with E-state index >= 15 is 0 Å². The standard InChI is InChI=1S/C17H21N5O/c23-17(21-9-7-20(8-10-21)12-14-1-2-14)15-3-4-16(19-11-15)22-6-5-18-13-22/h3-6,11,13-14H,1-2,7-10,12H2. The van der Waals surface area contributed by atoms with E-state index in [0.717, 1.165) is 37.9 Å². The molecule has 0 N–H and O–H groups in total. The van der Waals surface area contributed by atoms with E-state index in [2.05, 4.69) is 14.9 Å². The van der Waals surface area contributed by atoms with Gasteiger partial charge in [0, 0.05) is 51.3 Å². The molecule has 2 aliphatic rings. The van der Waals surface area contributed by atoms with E-state index in [-0.39, 0.29) is 5.91 Å². The number of nitrogens with zero attached hydrogens (tertiary/aromatic N) is 5. The van der Waals surface area contributed by atoms with E-state index in [1.807, 2.05) is 27.8 Å². The summed E-state index contributed by atoms with van der Waals surface area (Å²) < 4.78 is 1.82. The van der Waals surface area contributed by atoms with Crippen LogP contribution >= 0.6 is 0 Å². The number of carbonyl (C=O) groups excluding carboxylic acids is 1. The maximum Gasteiger partial charge on any atom is 0.255 e. The summed E-state index contributed by atoms with van der Waals surface area (Å²) in [5.74, 6) is 1.77. The monoisotopic (exact) mass is 311 g/mol. The van der Waals surface area contributed by atoms with Crippen molar-refractivity contribution in [1.29, 1.82) is 0 Å². The van der Waals surface area contributed by atoms with Gasteiger partial charge in [0.2, 0.25) is 0 Å². The first kappa shape index (κ1) is 14.4. The lowest BCUT2D eigenvalue weighted by Gasteiger charge is -2.34. The lowest BCUT2D eigenvalue weighted by molar-refractivity contribution is 0.0631. The first-order valence-electron chi connectivity index (χ1n) is 8.25. The molecule has 1 aliphatic carbocycles. The minimum atomic E-state index is 0.0840. The van der Waals surface area contributed by atoms with Crippen LogP contribution in [-0.2, 0) is 0 Å². The second kappa shape index (κ2) is 6.12. The van der Waals surface area contributed by atoms with Crippen LogP contribution in [0.4, 0.5) is 0 Å². The van der Waals surface area contributed by atoms with E-state index in [9.17, 15) is 4.79 Å². The number of aromatic nitrogens is 3. The first-order chi connectivity index (χ1) is 11.3. The highest BCUT2D eigenvalue weighted by Gasteiger charge is 2.27. The molecule has 3 heterocycles. The molecule has 1 aliphatic heterocycles. The zero-order chi connectivity index (χ0) is 15.6. The van der Waals surface area contributed by atoms with Crippen LogP contribution in [0.25, 0.3) is 5.82 Å². The molecule has 6 heteroatoms. The van der Waals surface area contributed by atoms with Gasteiger partial charge in [0.25, 0.3) is 5.91 Å². The highest BCUT2D eigenvalue weighted by Crippen LogP contribution is 2.29. The zero-order valence-electron chi connectivity index (χ0n) is 13.1. The number of carbonyl (C=O) groups is 1. The van der Waals surface area contributed by atoms with Crippen LogP contribution in [0.5, 0.6) is 0 Å². The van der Waals surface area contributed by atoms with Crippen molar-refractivity contribution >= 4 is 5.91 Å². The molecular formula is C17H21N5O.